The van der Waals surface area contributed by atoms with Gasteiger partial charge in [-0.25, -0.2) is 4.98 Å². The number of aryl methyl sites for hydroxylation is 1. The van der Waals surface area contributed by atoms with Crippen molar-refractivity contribution in [1.82, 2.24) is 15.2 Å². The molecule has 5 nitrogen and oxygen atoms in total. The minimum atomic E-state index is -0.0850. The van der Waals surface area contributed by atoms with E-state index in [9.17, 15) is 4.79 Å². The number of hydrogen-bond acceptors (Lipinski definition) is 5. The molecule has 0 aliphatic carbocycles. The highest BCUT2D eigenvalue weighted by molar-refractivity contribution is 7.15. The number of thiazole rings is 1. The van der Waals surface area contributed by atoms with Crippen LogP contribution < -0.4 is 5.32 Å². The molecular formula is C19H27N3O2S. The van der Waals surface area contributed by atoms with Crippen molar-refractivity contribution in [3.63, 3.8) is 0 Å². The Morgan fingerprint density at radius 1 is 1.48 bits per heavy atom. The first kappa shape index (κ1) is 18.1. The summed E-state index contributed by atoms with van der Waals surface area (Å²) in [7, 11) is 0. The van der Waals surface area contributed by atoms with Crippen molar-refractivity contribution >= 4 is 17.2 Å². The normalized spacial score (nSPS) is 18.4. The van der Waals surface area contributed by atoms with Crippen LogP contribution in [0.1, 0.15) is 48.0 Å². The summed E-state index contributed by atoms with van der Waals surface area (Å²) in [5.41, 5.74) is 0.515. The van der Waals surface area contributed by atoms with Gasteiger partial charge in [0.1, 0.15) is 5.69 Å². The van der Waals surface area contributed by atoms with Gasteiger partial charge in [-0.15, -0.1) is 11.3 Å². The molecule has 1 fully saturated rings. The van der Waals surface area contributed by atoms with Crippen LogP contribution >= 0.6 is 11.3 Å². The molecule has 136 valence electrons. The van der Waals surface area contributed by atoms with Gasteiger partial charge in [0.15, 0.2) is 10.8 Å². The number of carbonyl (C=O) groups is 1. The predicted molar refractivity (Wildman–Crippen MR) is 101 cm³/mol. The first-order valence-electron chi connectivity index (χ1n) is 9.15. The highest BCUT2D eigenvalue weighted by atomic mass is 32.1. The van der Waals surface area contributed by atoms with Crippen molar-refractivity contribution in [3.05, 3.63) is 29.0 Å². The van der Waals surface area contributed by atoms with Crippen molar-refractivity contribution in [2.45, 2.75) is 39.5 Å². The van der Waals surface area contributed by atoms with Crippen molar-refractivity contribution < 1.29 is 9.21 Å². The van der Waals surface area contributed by atoms with Gasteiger partial charge in [0, 0.05) is 18.0 Å². The average Bonchev–Trinajstić information content (AvgIpc) is 3.24. The Morgan fingerprint density at radius 3 is 3.12 bits per heavy atom. The van der Waals surface area contributed by atoms with Gasteiger partial charge in [-0.05, 0) is 63.7 Å². The van der Waals surface area contributed by atoms with E-state index >= 15 is 0 Å². The maximum atomic E-state index is 12.3. The first-order chi connectivity index (χ1) is 12.1. The molecule has 3 heterocycles. The molecule has 25 heavy (non-hydrogen) atoms. The molecule has 1 amide bonds. The molecule has 1 aliphatic heterocycles. The molecule has 0 aromatic carbocycles. The van der Waals surface area contributed by atoms with Crippen molar-refractivity contribution in [3.8, 4) is 10.8 Å². The quantitative estimate of drug-likeness (QED) is 0.759. The Balaban J connectivity index is 1.41. The van der Waals surface area contributed by atoms with Gasteiger partial charge in [-0.3, -0.25) is 4.79 Å². The van der Waals surface area contributed by atoms with Crippen LogP contribution in [-0.2, 0) is 0 Å². The molecule has 2 aromatic heterocycles. The number of likely N-dealkylation sites (tertiary alicyclic amines) is 1. The van der Waals surface area contributed by atoms with Crippen molar-refractivity contribution in [2.75, 3.05) is 26.2 Å². The minimum Gasteiger partial charge on any atom is -0.462 e. The van der Waals surface area contributed by atoms with E-state index in [0.29, 0.717) is 18.0 Å². The van der Waals surface area contributed by atoms with E-state index < -0.39 is 0 Å². The highest BCUT2D eigenvalue weighted by Gasteiger charge is 2.18. The molecule has 0 bridgehead atoms. The van der Waals surface area contributed by atoms with Crippen LogP contribution in [0.5, 0.6) is 0 Å². The van der Waals surface area contributed by atoms with Gasteiger partial charge in [-0.1, -0.05) is 6.92 Å². The van der Waals surface area contributed by atoms with Crippen LogP contribution in [-0.4, -0.2) is 42.0 Å². The second-order valence-electron chi connectivity index (χ2n) is 6.91. The lowest BCUT2D eigenvalue weighted by molar-refractivity contribution is 0.0947. The van der Waals surface area contributed by atoms with E-state index in [4.69, 9.17) is 4.42 Å². The largest absolute Gasteiger partial charge is 0.462 e. The van der Waals surface area contributed by atoms with E-state index in [0.717, 1.165) is 35.2 Å². The maximum Gasteiger partial charge on any atom is 0.271 e. The fraction of sp³-hybridized carbons (Fsp3) is 0.579. The highest BCUT2D eigenvalue weighted by Crippen LogP contribution is 2.27. The van der Waals surface area contributed by atoms with E-state index in [-0.39, 0.29) is 5.91 Å². The van der Waals surface area contributed by atoms with Gasteiger partial charge >= 0.3 is 0 Å². The third-order valence-electron chi connectivity index (χ3n) is 4.67. The van der Waals surface area contributed by atoms with Crippen molar-refractivity contribution in [2.24, 2.45) is 5.92 Å². The van der Waals surface area contributed by atoms with Crippen molar-refractivity contribution in [1.29, 1.82) is 0 Å². The smallest absolute Gasteiger partial charge is 0.271 e. The molecular weight excluding hydrogens is 334 g/mol. The standard InChI is InChI=1S/C19H27N3O2S/c1-14-7-5-11-22(13-14)10-4-3-9-20-18(23)17-15(2)25-19(21-17)16-8-6-12-24-16/h6,8,12,14H,3-5,7,9-11,13H2,1-2H3,(H,20,23). The van der Waals surface area contributed by atoms with Crippen LogP contribution in [0.4, 0.5) is 0 Å². The Labute approximate surface area is 153 Å². The zero-order chi connectivity index (χ0) is 17.6. The lowest BCUT2D eigenvalue weighted by Gasteiger charge is -2.30. The monoisotopic (exact) mass is 361 g/mol. The zero-order valence-corrected chi connectivity index (χ0v) is 15.9. The van der Waals surface area contributed by atoms with Crippen LogP contribution in [0, 0.1) is 12.8 Å². The number of rotatable bonds is 7. The average molecular weight is 362 g/mol. The molecule has 0 saturated carbocycles. The Morgan fingerprint density at radius 2 is 2.36 bits per heavy atom. The second kappa shape index (κ2) is 8.63. The number of aromatic nitrogens is 1. The fourth-order valence-corrected chi connectivity index (χ4v) is 4.23. The third kappa shape index (κ3) is 4.92. The summed E-state index contributed by atoms with van der Waals surface area (Å²) in [6, 6.07) is 3.69. The molecule has 1 aliphatic rings. The van der Waals surface area contributed by atoms with E-state index in [1.165, 1.54) is 37.3 Å². The molecule has 0 spiro atoms. The first-order valence-corrected chi connectivity index (χ1v) is 9.97. The van der Waals surface area contributed by atoms with E-state index in [2.05, 4.69) is 22.1 Å². The lowest BCUT2D eigenvalue weighted by atomic mass is 10.0. The lowest BCUT2D eigenvalue weighted by Crippen LogP contribution is -2.35. The number of nitrogens with zero attached hydrogens (tertiary/aromatic N) is 2. The molecule has 3 rings (SSSR count). The topological polar surface area (TPSA) is 58.4 Å². The number of hydrogen-bond donors (Lipinski definition) is 1. The van der Waals surface area contributed by atoms with Crippen LogP contribution in [0.15, 0.2) is 22.8 Å². The molecule has 2 aromatic rings. The van der Waals surface area contributed by atoms with E-state index in [1.54, 1.807) is 6.26 Å². The summed E-state index contributed by atoms with van der Waals surface area (Å²) in [5.74, 6) is 1.45. The number of unbranched alkanes of at least 4 members (excludes halogenated alkanes) is 1. The summed E-state index contributed by atoms with van der Waals surface area (Å²) in [6.45, 7) is 8.55. The maximum absolute atomic E-state index is 12.3. The van der Waals surface area contributed by atoms with Gasteiger partial charge in [0.2, 0.25) is 0 Å². The molecule has 1 saturated heterocycles. The molecule has 6 heteroatoms. The number of carbonyl (C=O) groups excluding carboxylic acids is 1. The summed E-state index contributed by atoms with van der Waals surface area (Å²) in [4.78, 5) is 20.3. The predicted octanol–water partition coefficient (Wildman–Crippen LogP) is 3.95. The van der Waals surface area contributed by atoms with Gasteiger partial charge in [0.05, 0.1) is 6.26 Å². The summed E-state index contributed by atoms with van der Waals surface area (Å²) in [5, 5.41) is 3.76. The van der Waals surface area contributed by atoms with E-state index in [1.807, 2.05) is 19.1 Å². The van der Waals surface area contributed by atoms with Crippen LogP contribution in [0.3, 0.4) is 0 Å². The molecule has 0 radical (unpaired) electrons. The fourth-order valence-electron chi connectivity index (χ4n) is 3.35. The molecule has 1 unspecified atom stereocenters. The summed E-state index contributed by atoms with van der Waals surface area (Å²) in [6.07, 6.45) is 6.43. The number of piperidine rings is 1. The Bertz CT molecular complexity index is 681. The summed E-state index contributed by atoms with van der Waals surface area (Å²) < 4.78 is 5.36. The number of furan rings is 1. The number of nitrogens with one attached hydrogen (secondary N) is 1. The van der Waals surface area contributed by atoms with Crippen LogP contribution in [0.25, 0.3) is 10.8 Å². The van der Waals surface area contributed by atoms with Gasteiger partial charge in [-0.2, -0.15) is 0 Å². The van der Waals surface area contributed by atoms with Gasteiger partial charge < -0.3 is 14.6 Å². The van der Waals surface area contributed by atoms with Crippen LogP contribution in [0.2, 0.25) is 0 Å². The SMILES string of the molecule is Cc1sc(-c2ccco2)nc1C(=O)NCCCCN1CCCC(C)C1. The molecule has 1 atom stereocenters. The third-order valence-corrected chi connectivity index (χ3v) is 5.66. The molecule has 1 N–H and O–H groups in total. The minimum absolute atomic E-state index is 0.0850. The Kier molecular flexibility index (Phi) is 6.26. The van der Waals surface area contributed by atoms with Gasteiger partial charge in [0.25, 0.3) is 5.91 Å². The number of amides is 1. The zero-order valence-electron chi connectivity index (χ0n) is 15.1. The second-order valence-corrected chi connectivity index (χ2v) is 8.12. The summed E-state index contributed by atoms with van der Waals surface area (Å²) >= 11 is 1.49. The Hall–Kier alpha value is -1.66.